The highest BCUT2D eigenvalue weighted by Gasteiger charge is 2.13. The highest BCUT2D eigenvalue weighted by molar-refractivity contribution is 5.91. The molecule has 0 fully saturated rings. The van der Waals surface area contributed by atoms with Crippen molar-refractivity contribution in [2.24, 2.45) is 0 Å². The molecule has 0 bridgehead atoms. The summed E-state index contributed by atoms with van der Waals surface area (Å²) in [6.07, 6.45) is 4.54. The molecule has 4 nitrogen and oxygen atoms in total. The van der Waals surface area contributed by atoms with Crippen LogP contribution in [0.15, 0.2) is 34.7 Å². The Morgan fingerprint density at radius 2 is 1.96 bits per heavy atom. The number of rotatable bonds is 10. The maximum atomic E-state index is 12.1. The number of aryl methyl sites for hydroxylation is 1. The fraction of sp³-hybridized carbons (Fsp3) is 0.500. The predicted octanol–water partition coefficient (Wildman–Crippen LogP) is 5.60. The topological polar surface area (TPSA) is 51.5 Å². The first kappa shape index (κ1) is 20.1. The number of unbranched alkanes of at least 4 members (excludes halogenated alkanes) is 3. The van der Waals surface area contributed by atoms with Gasteiger partial charge in [0.25, 0.3) is 5.91 Å². The van der Waals surface area contributed by atoms with Crippen molar-refractivity contribution < 1.29 is 13.9 Å². The molecule has 0 aliphatic heterocycles. The zero-order valence-electron chi connectivity index (χ0n) is 16.4. The summed E-state index contributed by atoms with van der Waals surface area (Å²) in [6, 6.07) is 9.76. The lowest BCUT2D eigenvalue weighted by molar-refractivity contribution is 0.0921. The van der Waals surface area contributed by atoms with Gasteiger partial charge in [0.05, 0.1) is 0 Å². The number of hydrogen-bond donors (Lipinski definition) is 1. The minimum absolute atomic E-state index is 0.161. The van der Waals surface area contributed by atoms with Gasteiger partial charge >= 0.3 is 0 Å². The fourth-order valence-corrected chi connectivity index (χ4v) is 2.81. The van der Waals surface area contributed by atoms with E-state index in [2.05, 4.69) is 38.2 Å². The molecule has 0 atom stereocenters. The summed E-state index contributed by atoms with van der Waals surface area (Å²) in [5.41, 5.74) is 2.33. The molecule has 142 valence electrons. The number of carbonyl (C=O) groups is 1. The summed E-state index contributed by atoms with van der Waals surface area (Å²) in [7, 11) is 0. The zero-order valence-corrected chi connectivity index (χ0v) is 16.4. The lowest BCUT2D eigenvalue weighted by Gasteiger charge is -2.14. The van der Waals surface area contributed by atoms with Crippen molar-refractivity contribution in [3.63, 3.8) is 0 Å². The second-order valence-corrected chi connectivity index (χ2v) is 7.07. The molecule has 2 rings (SSSR count). The van der Waals surface area contributed by atoms with Gasteiger partial charge in [0.1, 0.15) is 18.1 Å². The third-order valence-electron chi connectivity index (χ3n) is 4.36. The molecule has 0 aliphatic carbocycles. The van der Waals surface area contributed by atoms with E-state index in [1.54, 1.807) is 12.1 Å². The molecule has 0 saturated carbocycles. The summed E-state index contributed by atoms with van der Waals surface area (Å²) >= 11 is 0. The van der Waals surface area contributed by atoms with Crippen LogP contribution in [0.5, 0.6) is 5.75 Å². The number of ether oxygens (including phenoxy) is 1. The third kappa shape index (κ3) is 5.94. The molecule has 1 heterocycles. The first-order valence-corrected chi connectivity index (χ1v) is 9.61. The van der Waals surface area contributed by atoms with Gasteiger partial charge in [0.15, 0.2) is 5.76 Å². The van der Waals surface area contributed by atoms with Crippen LogP contribution >= 0.6 is 0 Å². The average Bonchev–Trinajstić information content (AvgIpc) is 3.08. The summed E-state index contributed by atoms with van der Waals surface area (Å²) in [4.78, 5) is 12.1. The molecular weight excluding hydrogens is 326 g/mol. The van der Waals surface area contributed by atoms with E-state index in [9.17, 15) is 4.79 Å². The van der Waals surface area contributed by atoms with Crippen molar-refractivity contribution in [3.05, 3.63) is 53.0 Å². The number of hydrogen-bond acceptors (Lipinski definition) is 3. The summed E-state index contributed by atoms with van der Waals surface area (Å²) in [5.74, 6) is 2.09. The van der Waals surface area contributed by atoms with Crippen LogP contribution in [-0.4, -0.2) is 12.5 Å². The van der Waals surface area contributed by atoms with Gasteiger partial charge in [-0.25, -0.2) is 0 Å². The summed E-state index contributed by atoms with van der Waals surface area (Å²) < 4.78 is 11.6. The Morgan fingerprint density at radius 3 is 2.69 bits per heavy atom. The molecule has 0 saturated heterocycles. The molecular formula is C22H31NO3. The molecule has 26 heavy (non-hydrogen) atoms. The molecule has 0 radical (unpaired) electrons. The first-order valence-electron chi connectivity index (χ1n) is 9.61. The zero-order chi connectivity index (χ0) is 18.9. The van der Waals surface area contributed by atoms with Gasteiger partial charge in [-0.2, -0.15) is 0 Å². The predicted molar refractivity (Wildman–Crippen MR) is 105 cm³/mol. The van der Waals surface area contributed by atoms with E-state index in [1.807, 2.05) is 13.0 Å². The Hall–Kier alpha value is -2.23. The number of furan rings is 1. The van der Waals surface area contributed by atoms with Crippen LogP contribution in [0.3, 0.4) is 0 Å². The van der Waals surface area contributed by atoms with E-state index in [4.69, 9.17) is 9.15 Å². The quantitative estimate of drug-likeness (QED) is 0.563. The maximum Gasteiger partial charge on any atom is 0.286 e. The van der Waals surface area contributed by atoms with Gasteiger partial charge in [-0.15, -0.1) is 0 Å². The minimum atomic E-state index is -0.161. The van der Waals surface area contributed by atoms with Crippen LogP contribution in [0.1, 0.15) is 79.8 Å². The molecule has 0 aliphatic rings. The van der Waals surface area contributed by atoms with E-state index < -0.39 is 0 Å². The van der Waals surface area contributed by atoms with Gasteiger partial charge < -0.3 is 14.5 Å². The van der Waals surface area contributed by atoms with Crippen molar-refractivity contribution >= 4 is 5.91 Å². The molecule has 1 aromatic carbocycles. The number of carbonyl (C=O) groups excluding carboxylic acids is 1. The molecule has 1 N–H and O–H groups in total. The van der Waals surface area contributed by atoms with Gasteiger partial charge in [0.2, 0.25) is 0 Å². The summed E-state index contributed by atoms with van der Waals surface area (Å²) in [5, 5.41) is 2.90. The summed E-state index contributed by atoms with van der Waals surface area (Å²) in [6.45, 7) is 9.51. The van der Waals surface area contributed by atoms with E-state index in [1.165, 1.54) is 18.4 Å². The largest absolute Gasteiger partial charge is 0.485 e. The minimum Gasteiger partial charge on any atom is -0.485 e. The standard InChI is InChI=1S/C22H31NO3/c1-5-6-7-8-13-23-22(24)20-12-10-18(26-20)15-25-21-14-17(4)9-11-19(21)16(2)3/h9-12,14,16H,5-8,13,15H2,1-4H3,(H,23,24). The smallest absolute Gasteiger partial charge is 0.286 e. The molecule has 0 unspecified atom stereocenters. The molecule has 4 heteroatoms. The van der Waals surface area contributed by atoms with E-state index in [0.717, 1.165) is 24.2 Å². The molecule has 1 aromatic heterocycles. The van der Waals surface area contributed by atoms with Gasteiger partial charge in [-0.1, -0.05) is 52.2 Å². The molecule has 2 aromatic rings. The van der Waals surface area contributed by atoms with Gasteiger partial charge in [-0.05, 0) is 48.6 Å². The number of benzene rings is 1. The molecule has 0 spiro atoms. The van der Waals surface area contributed by atoms with Crippen LogP contribution in [0.2, 0.25) is 0 Å². The first-order chi connectivity index (χ1) is 12.5. The SMILES string of the molecule is CCCCCCNC(=O)c1ccc(COc2cc(C)ccc2C(C)C)o1. The van der Waals surface area contributed by atoms with E-state index in [-0.39, 0.29) is 5.91 Å². The van der Waals surface area contributed by atoms with Crippen LogP contribution in [-0.2, 0) is 6.61 Å². The lowest BCUT2D eigenvalue weighted by Crippen LogP contribution is -2.23. The van der Waals surface area contributed by atoms with Crippen molar-refractivity contribution in [3.8, 4) is 5.75 Å². The Morgan fingerprint density at radius 1 is 1.15 bits per heavy atom. The van der Waals surface area contributed by atoms with Gasteiger partial charge in [-0.3, -0.25) is 4.79 Å². The van der Waals surface area contributed by atoms with Crippen LogP contribution < -0.4 is 10.1 Å². The van der Waals surface area contributed by atoms with Crippen molar-refractivity contribution in [2.75, 3.05) is 6.54 Å². The van der Waals surface area contributed by atoms with E-state index >= 15 is 0 Å². The normalized spacial score (nSPS) is 11.0. The van der Waals surface area contributed by atoms with Crippen molar-refractivity contribution in [2.45, 2.75) is 65.9 Å². The fourth-order valence-electron chi connectivity index (χ4n) is 2.81. The highest BCUT2D eigenvalue weighted by atomic mass is 16.5. The Bertz CT molecular complexity index is 703. The third-order valence-corrected chi connectivity index (χ3v) is 4.36. The van der Waals surface area contributed by atoms with Crippen LogP contribution in [0.4, 0.5) is 0 Å². The number of amides is 1. The van der Waals surface area contributed by atoms with Crippen molar-refractivity contribution in [1.29, 1.82) is 0 Å². The van der Waals surface area contributed by atoms with E-state index in [0.29, 0.717) is 30.6 Å². The Kier molecular flexibility index (Phi) is 7.76. The lowest BCUT2D eigenvalue weighted by atomic mass is 10.0. The van der Waals surface area contributed by atoms with Crippen LogP contribution in [0.25, 0.3) is 0 Å². The maximum absolute atomic E-state index is 12.1. The monoisotopic (exact) mass is 357 g/mol. The number of nitrogens with one attached hydrogen (secondary N) is 1. The second kappa shape index (κ2) is 10.0. The van der Waals surface area contributed by atoms with Crippen molar-refractivity contribution in [1.82, 2.24) is 5.32 Å². The Labute approximate surface area is 156 Å². The van der Waals surface area contributed by atoms with Gasteiger partial charge in [0, 0.05) is 6.54 Å². The molecule has 1 amide bonds. The average molecular weight is 357 g/mol. The Balaban J connectivity index is 1.89. The second-order valence-electron chi connectivity index (χ2n) is 7.07. The highest BCUT2D eigenvalue weighted by Crippen LogP contribution is 2.28. The van der Waals surface area contributed by atoms with Crippen LogP contribution in [0, 0.1) is 6.92 Å².